The lowest BCUT2D eigenvalue weighted by atomic mass is 10.1. The first kappa shape index (κ1) is 15.8. The first-order valence-corrected chi connectivity index (χ1v) is 7.19. The average Bonchev–Trinajstić information content (AvgIpc) is 2.95. The average molecular weight is 292 g/mol. The van der Waals surface area contributed by atoms with Gasteiger partial charge in [0.05, 0.1) is 19.3 Å². The van der Waals surface area contributed by atoms with Gasteiger partial charge in [0.15, 0.2) is 0 Å². The quantitative estimate of drug-likeness (QED) is 0.890. The highest BCUT2D eigenvalue weighted by Gasteiger charge is 2.31. The molecule has 1 aromatic carbocycles. The molecule has 5 nitrogen and oxygen atoms in total. The summed E-state index contributed by atoms with van der Waals surface area (Å²) < 4.78 is 10.7. The molecule has 1 N–H and O–H groups in total. The monoisotopic (exact) mass is 292 g/mol. The molecule has 1 fully saturated rings. The summed E-state index contributed by atoms with van der Waals surface area (Å²) in [7, 11) is 5.16. The van der Waals surface area contributed by atoms with Gasteiger partial charge in [0.2, 0.25) is 5.91 Å². The van der Waals surface area contributed by atoms with Gasteiger partial charge in [-0.1, -0.05) is 17.7 Å². The van der Waals surface area contributed by atoms with E-state index < -0.39 is 0 Å². The van der Waals surface area contributed by atoms with Crippen molar-refractivity contribution < 1.29 is 14.3 Å². The van der Waals surface area contributed by atoms with Gasteiger partial charge < -0.3 is 19.7 Å². The number of carbonyl (C=O) groups is 1. The van der Waals surface area contributed by atoms with Crippen LogP contribution in [0.15, 0.2) is 18.2 Å². The summed E-state index contributed by atoms with van der Waals surface area (Å²) in [4.78, 5) is 14.2. The first-order valence-electron chi connectivity index (χ1n) is 7.19. The Morgan fingerprint density at radius 2 is 2.19 bits per heavy atom. The number of amides is 1. The van der Waals surface area contributed by atoms with Crippen LogP contribution in [0.25, 0.3) is 0 Å². The van der Waals surface area contributed by atoms with E-state index in [4.69, 9.17) is 9.47 Å². The topological polar surface area (TPSA) is 50.8 Å². The number of nitrogens with zero attached hydrogens (tertiary/aromatic N) is 1. The molecule has 21 heavy (non-hydrogen) atoms. The summed E-state index contributed by atoms with van der Waals surface area (Å²) >= 11 is 0. The second-order valence-electron chi connectivity index (χ2n) is 5.56. The number of methoxy groups -OCH3 is 2. The van der Waals surface area contributed by atoms with Gasteiger partial charge in [0.25, 0.3) is 0 Å². The smallest absolute Gasteiger partial charge is 0.239 e. The van der Waals surface area contributed by atoms with Gasteiger partial charge in [-0.15, -0.1) is 0 Å². The van der Waals surface area contributed by atoms with E-state index in [1.54, 1.807) is 19.1 Å². The fourth-order valence-electron chi connectivity index (χ4n) is 2.70. The molecule has 1 aromatic rings. The van der Waals surface area contributed by atoms with Gasteiger partial charge in [0, 0.05) is 32.8 Å². The molecule has 0 spiro atoms. The maximum Gasteiger partial charge on any atom is 0.239 e. The Hall–Kier alpha value is -1.59. The number of carbonyl (C=O) groups excluding carboxylic acids is 1. The lowest BCUT2D eigenvalue weighted by Crippen LogP contribution is -2.41. The normalized spacial score (nSPS) is 21.3. The highest BCUT2D eigenvalue weighted by molar-refractivity contribution is 5.82. The van der Waals surface area contributed by atoms with Crippen LogP contribution >= 0.6 is 0 Å². The molecule has 0 saturated carbocycles. The third-order valence-corrected chi connectivity index (χ3v) is 3.94. The van der Waals surface area contributed by atoms with Crippen LogP contribution in [0.5, 0.6) is 5.75 Å². The molecule has 1 amide bonds. The van der Waals surface area contributed by atoms with Crippen LogP contribution < -0.4 is 10.1 Å². The summed E-state index contributed by atoms with van der Waals surface area (Å²) in [5, 5.41) is 3.22. The summed E-state index contributed by atoms with van der Waals surface area (Å²) in [5.74, 6) is 0.910. The second-order valence-corrected chi connectivity index (χ2v) is 5.56. The molecule has 2 unspecified atom stereocenters. The fraction of sp³-hybridized carbons (Fsp3) is 0.562. The molecule has 0 aromatic heterocycles. The number of nitrogens with one attached hydrogen (secondary N) is 1. The molecule has 5 heteroatoms. The van der Waals surface area contributed by atoms with E-state index in [-0.39, 0.29) is 18.1 Å². The number of rotatable bonds is 5. The van der Waals surface area contributed by atoms with Crippen LogP contribution in [0.3, 0.4) is 0 Å². The van der Waals surface area contributed by atoms with E-state index in [9.17, 15) is 4.79 Å². The van der Waals surface area contributed by atoms with Crippen LogP contribution in [0.4, 0.5) is 0 Å². The highest BCUT2D eigenvalue weighted by Crippen LogP contribution is 2.22. The van der Waals surface area contributed by atoms with Crippen molar-refractivity contribution in [2.45, 2.75) is 32.0 Å². The second kappa shape index (κ2) is 6.91. The lowest BCUT2D eigenvalue weighted by molar-refractivity contribution is -0.132. The molecule has 2 atom stereocenters. The molecule has 1 heterocycles. The first-order chi connectivity index (χ1) is 10.0. The Morgan fingerprint density at radius 1 is 1.43 bits per heavy atom. The van der Waals surface area contributed by atoms with Crippen molar-refractivity contribution in [3.8, 4) is 5.75 Å². The molecule has 0 radical (unpaired) electrons. The van der Waals surface area contributed by atoms with Crippen LogP contribution in [0.1, 0.15) is 17.5 Å². The number of ether oxygens (including phenoxy) is 2. The lowest BCUT2D eigenvalue weighted by Gasteiger charge is -2.22. The summed E-state index contributed by atoms with van der Waals surface area (Å²) in [6.07, 6.45) is 0.853. The SMILES string of the molecule is COc1ccc(C)cc1CN(C)C(=O)C1CC(OC)CN1. The van der Waals surface area contributed by atoms with Crippen LogP contribution in [0, 0.1) is 6.92 Å². The van der Waals surface area contributed by atoms with Crippen molar-refractivity contribution in [2.75, 3.05) is 27.8 Å². The van der Waals surface area contributed by atoms with E-state index in [1.165, 1.54) is 0 Å². The number of hydrogen-bond acceptors (Lipinski definition) is 4. The van der Waals surface area contributed by atoms with E-state index in [2.05, 4.69) is 11.4 Å². The fourth-order valence-corrected chi connectivity index (χ4v) is 2.70. The summed E-state index contributed by atoms with van der Waals surface area (Å²) in [6.45, 7) is 3.31. The van der Waals surface area contributed by atoms with E-state index >= 15 is 0 Å². The molecular weight excluding hydrogens is 268 g/mol. The van der Waals surface area contributed by atoms with Crippen molar-refractivity contribution in [1.82, 2.24) is 10.2 Å². The zero-order valence-electron chi connectivity index (χ0n) is 13.2. The minimum atomic E-state index is -0.157. The van der Waals surface area contributed by atoms with Gasteiger partial charge in [-0.25, -0.2) is 0 Å². The number of hydrogen-bond donors (Lipinski definition) is 1. The predicted molar refractivity (Wildman–Crippen MR) is 81.4 cm³/mol. The van der Waals surface area contributed by atoms with Gasteiger partial charge in [-0.05, 0) is 19.4 Å². The Balaban J connectivity index is 2.02. The molecule has 1 aliphatic rings. The van der Waals surface area contributed by atoms with E-state index in [0.29, 0.717) is 6.54 Å². The van der Waals surface area contributed by atoms with Crippen LogP contribution in [0.2, 0.25) is 0 Å². The van der Waals surface area contributed by atoms with Gasteiger partial charge in [-0.2, -0.15) is 0 Å². The summed E-state index contributed by atoms with van der Waals surface area (Å²) in [5.41, 5.74) is 2.18. The van der Waals surface area contributed by atoms with Gasteiger partial charge in [-0.3, -0.25) is 4.79 Å². The van der Waals surface area contributed by atoms with E-state index in [1.807, 2.05) is 26.1 Å². The zero-order valence-corrected chi connectivity index (χ0v) is 13.2. The number of benzene rings is 1. The minimum Gasteiger partial charge on any atom is -0.496 e. The van der Waals surface area contributed by atoms with Crippen LogP contribution in [-0.4, -0.2) is 50.8 Å². The van der Waals surface area contributed by atoms with Crippen molar-refractivity contribution in [2.24, 2.45) is 0 Å². The molecular formula is C16H24N2O3. The number of likely N-dealkylation sites (N-methyl/N-ethyl adjacent to an activating group) is 1. The van der Waals surface area contributed by atoms with E-state index in [0.717, 1.165) is 29.8 Å². The molecule has 1 aliphatic heterocycles. The summed E-state index contributed by atoms with van der Waals surface area (Å²) in [6, 6.07) is 5.85. The Bertz CT molecular complexity index is 504. The van der Waals surface area contributed by atoms with Crippen LogP contribution in [-0.2, 0) is 16.1 Å². The third-order valence-electron chi connectivity index (χ3n) is 3.94. The largest absolute Gasteiger partial charge is 0.496 e. The Morgan fingerprint density at radius 3 is 2.81 bits per heavy atom. The standard InChI is InChI=1S/C16H24N2O3/c1-11-5-6-15(21-4)12(7-11)10-18(2)16(19)14-8-13(20-3)9-17-14/h5-7,13-14,17H,8-10H2,1-4H3. The van der Waals surface area contributed by atoms with Gasteiger partial charge >= 0.3 is 0 Å². The highest BCUT2D eigenvalue weighted by atomic mass is 16.5. The van der Waals surface area contributed by atoms with Crippen molar-refractivity contribution in [3.63, 3.8) is 0 Å². The third kappa shape index (κ3) is 3.74. The molecule has 0 bridgehead atoms. The Kier molecular flexibility index (Phi) is 5.20. The minimum absolute atomic E-state index is 0.0955. The molecule has 2 rings (SSSR count). The molecule has 0 aliphatic carbocycles. The Labute approximate surface area is 126 Å². The number of aryl methyl sites for hydroxylation is 1. The van der Waals surface area contributed by atoms with Crippen molar-refractivity contribution >= 4 is 5.91 Å². The molecule has 116 valence electrons. The van der Waals surface area contributed by atoms with Crippen molar-refractivity contribution in [3.05, 3.63) is 29.3 Å². The molecule has 1 saturated heterocycles. The maximum atomic E-state index is 12.5. The zero-order chi connectivity index (χ0) is 15.4. The van der Waals surface area contributed by atoms with Crippen molar-refractivity contribution in [1.29, 1.82) is 0 Å². The predicted octanol–water partition coefficient (Wildman–Crippen LogP) is 1.34. The van der Waals surface area contributed by atoms with Gasteiger partial charge in [0.1, 0.15) is 5.75 Å². The maximum absolute atomic E-state index is 12.5.